The molecule has 1 aliphatic heterocycles. The highest BCUT2D eigenvalue weighted by Crippen LogP contribution is 2.26. The molecule has 0 aliphatic carbocycles. The van der Waals surface area contributed by atoms with E-state index in [2.05, 4.69) is 10.3 Å². The van der Waals surface area contributed by atoms with Crippen molar-refractivity contribution in [2.45, 2.75) is 32.2 Å². The number of hydrogen-bond donors (Lipinski definition) is 0. The molecule has 0 spiro atoms. The highest BCUT2D eigenvalue weighted by Gasteiger charge is 2.35. The normalized spacial score (nSPS) is 15.2. The monoisotopic (exact) mass is 495 g/mol. The van der Waals surface area contributed by atoms with Crippen LogP contribution in [0, 0.1) is 26.6 Å². The van der Waals surface area contributed by atoms with Crippen LogP contribution in [0.3, 0.4) is 0 Å². The highest BCUT2D eigenvalue weighted by atomic mass is 35.5. The fourth-order valence-corrected chi connectivity index (χ4v) is 5.95. The zero-order valence-electron chi connectivity index (χ0n) is 18.4. The number of rotatable bonds is 5. The molecule has 33 heavy (non-hydrogen) atoms. The summed E-state index contributed by atoms with van der Waals surface area (Å²) in [4.78, 5) is 14.8. The topological polar surface area (TPSA) is 102 Å². The van der Waals surface area contributed by atoms with Gasteiger partial charge in [-0.3, -0.25) is 4.79 Å². The fourth-order valence-electron chi connectivity index (χ4n) is 3.93. The van der Waals surface area contributed by atoms with Crippen molar-refractivity contribution in [3.8, 4) is 0 Å². The van der Waals surface area contributed by atoms with Crippen LogP contribution in [0.25, 0.3) is 0 Å². The van der Waals surface area contributed by atoms with Crippen molar-refractivity contribution in [3.05, 3.63) is 63.5 Å². The van der Waals surface area contributed by atoms with Gasteiger partial charge >= 0.3 is 0 Å². The van der Waals surface area contributed by atoms with Gasteiger partial charge in [-0.25, -0.2) is 17.5 Å². The van der Waals surface area contributed by atoms with E-state index in [0.717, 1.165) is 5.56 Å². The first-order valence-corrected chi connectivity index (χ1v) is 12.1. The smallest absolute Gasteiger partial charge is 0.258 e. The van der Waals surface area contributed by atoms with E-state index >= 15 is 0 Å². The molecule has 3 aromatic rings. The summed E-state index contributed by atoms with van der Waals surface area (Å²) in [5.74, 6) is -0.410. The summed E-state index contributed by atoms with van der Waals surface area (Å²) < 4.78 is 47.0. The third-order valence-electron chi connectivity index (χ3n) is 5.62. The van der Waals surface area contributed by atoms with E-state index in [4.69, 9.17) is 16.1 Å². The van der Waals surface area contributed by atoms with Gasteiger partial charge < -0.3 is 9.42 Å². The number of carbonyl (C=O) groups excluding carboxylic acids is 1. The molecule has 1 fully saturated rings. The Morgan fingerprint density at radius 3 is 2.30 bits per heavy atom. The summed E-state index contributed by atoms with van der Waals surface area (Å²) in [6.07, 6.45) is 0. The average Bonchev–Trinajstić information content (AvgIpc) is 3.26. The Kier molecular flexibility index (Phi) is 6.30. The molecule has 3 heterocycles. The van der Waals surface area contributed by atoms with E-state index in [0.29, 0.717) is 11.4 Å². The predicted octanol–water partition coefficient (Wildman–Crippen LogP) is 2.78. The first-order valence-electron chi connectivity index (χ1n) is 10.3. The van der Waals surface area contributed by atoms with Crippen molar-refractivity contribution in [1.82, 2.24) is 24.1 Å². The van der Waals surface area contributed by atoms with Crippen molar-refractivity contribution in [2.24, 2.45) is 0 Å². The molecule has 0 atom stereocenters. The number of benzene rings is 1. The van der Waals surface area contributed by atoms with Crippen LogP contribution >= 0.6 is 11.6 Å². The SMILES string of the molecule is Cc1nn(Cc2ccc(F)cc2)c(Cl)c1C(=O)N1CCN(S(=O)(=O)c2c(C)noc2C)CC1. The van der Waals surface area contributed by atoms with Crippen LogP contribution in [0.2, 0.25) is 5.15 Å². The van der Waals surface area contributed by atoms with Gasteiger partial charge in [-0.05, 0) is 38.5 Å². The van der Waals surface area contributed by atoms with Crippen LogP contribution in [0.4, 0.5) is 4.39 Å². The lowest BCUT2D eigenvalue weighted by atomic mass is 10.2. The summed E-state index contributed by atoms with van der Waals surface area (Å²) in [7, 11) is -3.77. The van der Waals surface area contributed by atoms with Gasteiger partial charge in [0.2, 0.25) is 10.0 Å². The first-order chi connectivity index (χ1) is 15.6. The molecule has 0 unspecified atom stereocenters. The number of amides is 1. The predicted molar refractivity (Wildman–Crippen MR) is 118 cm³/mol. The van der Waals surface area contributed by atoms with Gasteiger partial charge in [0.1, 0.15) is 21.6 Å². The van der Waals surface area contributed by atoms with Crippen LogP contribution in [-0.2, 0) is 16.6 Å². The van der Waals surface area contributed by atoms with E-state index in [9.17, 15) is 17.6 Å². The molecule has 4 rings (SSSR count). The van der Waals surface area contributed by atoms with Gasteiger partial charge in [0, 0.05) is 26.2 Å². The molecule has 1 aromatic carbocycles. The van der Waals surface area contributed by atoms with Crippen molar-refractivity contribution in [1.29, 1.82) is 0 Å². The van der Waals surface area contributed by atoms with Crippen molar-refractivity contribution in [2.75, 3.05) is 26.2 Å². The molecule has 0 N–H and O–H groups in total. The second-order valence-electron chi connectivity index (χ2n) is 7.88. The number of halogens is 2. The zero-order chi connectivity index (χ0) is 23.9. The zero-order valence-corrected chi connectivity index (χ0v) is 20.0. The minimum absolute atomic E-state index is 0.0724. The Balaban J connectivity index is 1.48. The Morgan fingerprint density at radius 1 is 1.09 bits per heavy atom. The summed E-state index contributed by atoms with van der Waals surface area (Å²) in [5, 5.41) is 8.29. The maximum atomic E-state index is 13.2. The molecule has 1 saturated heterocycles. The second kappa shape index (κ2) is 8.88. The lowest BCUT2D eigenvalue weighted by molar-refractivity contribution is 0.0697. The van der Waals surface area contributed by atoms with Crippen molar-refractivity contribution in [3.63, 3.8) is 0 Å². The van der Waals surface area contributed by atoms with Crippen LogP contribution in [0.1, 0.15) is 33.1 Å². The maximum absolute atomic E-state index is 13.2. The molecule has 1 aliphatic rings. The second-order valence-corrected chi connectivity index (χ2v) is 10.1. The number of piperazine rings is 1. The molecule has 12 heteroatoms. The van der Waals surface area contributed by atoms with Gasteiger partial charge in [0.25, 0.3) is 5.91 Å². The Hall–Kier alpha value is -2.76. The third kappa shape index (κ3) is 4.40. The Bertz CT molecular complexity index is 1280. The lowest BCUT2D eigenvalue weighted by Gasteiger charge is -2.33. The van der Waals surface area contributed by atoms with Crippen molar-refractivity contribution >= 4 is 27.5 Å². The van der Waals surface area contributed by atoms with Crippen LogP contribution < -0.4 is 0 Å². The quantitative estimate of drug-likeness (QED) is 0.539. The lowest BCUT2D eigenvalue weighted by Crippen LogP contribution is -2.50. The average molecular weight is 496 g/mol. The number of aryl methyl sites for hydroxylation is 3. The minimum Gasteiger partial charge on any atom is -0.360 e. The standard InChI is InChI=1S/C21H23ClFN5O4S/c1-13-18(20(22)28(24-13)12-16-4-6-17(23)7-5-16)21(29)26-8-10-27(11-9-26)33(30,31)19-14(2)25-32-15(19)3/h4-7H,8-12H2,1-3H3. The van der Waals surface area contributed by atoms with Crippen LogP contribution in [0.5, 0.6) is 0 Å². The number of carbonyl (C=O) groups is 1. The van der Waals surface area contributed by atoms with Gasteiger partial charge in [-0.1, -0.05) is 28.9 Å². The van der Waals surface area contributed by atoms with E-state index < -0.39 is 10.0 Å². The maximum Gasteiger partial charge on any atom is 0.258 e. The highest BCUT2D eigenvalue weighted by molar-refractivity contribution is 7.89. The van der Waals surface area contributed by atoms with Gasteiger partial charge in [0.15, 0.2) is 5.76 Å². The molecule has 0 bridgehead atoms. The number of hydrogen-bond acceptors (Lipinski definition) is 6. The summed E-state index contributed by atoms with van der Waals surface area (Å²) in [6, 6.07) is 5.95. The largest absolute Gasteiger partial charge is 0.360 e. The summed E-state index contributed by atoms with van der Waals surface area (Å²) in [5.41, 5.74) is 1.85. The van der Waals surface area contributed by atoms with Crippen LogP contribution in [-0.4, -0.2) is 64.6 Å². The van der Waals surface area contributed by atoms with Gasteiger partial charge in [-0.2, -0.15) is 9.40 Å². The molecule has 1 amide bonds. The Labute approximate surface area is 195 Å². The van der Waals surface area contributed by atoms with E-state index in [1.165, 1.54) is 21.1 Å². The van der Waals surface area contributed by atoms with E-state index in [-0.39, 0.29) is 65.8 Å². The molecular formula is C21H23ClFN5O4S. The minimum atomic E-state index is -3.77. The molecule has 2 aromatic heterocycles. The third-order valence-corrected chi connectivity index (χ3v) is 8.14. The fraction of sp³-hybridized carbons (Fsp3) is 0.381. The number of nitrogens with zero attached hydrogens (tertiary/aromatic N) is 5. The molecule has 9 nitrogen and oxygen atoms in total. The first kappa shape index (κ1) is 23.4. The number of aromatic nitrogens is 3. The van der Waals surface area contributed by atoms with Crippen molar-refractivity contribution < 1.29 is 22.1 Å². The van der Waals surface area contributed by atoms with E-state index in [1.54, 1.807) is 37.8 Å². The summed E-state index contributed by atoms with van der Waals surface area (Å²) >= 11 is 6.48. The van der Waals surface area contributed by atoms with Gasteiger partial charge in [-0.15, -0.1) is 0 Å². The summed E-state index contributed by atoms with van der Waals surface area (Å²) in [6.45, 7) is 5.81. The molecular weight excluding hydrogens is 473 g/mol. The van der Waals surface area contributed by atoms with Crippen LogP contribution in [0.15, 0.2) is 33.7 Å². The molecule has 176 valence electrons. The molecule has 0 radical (unpaired) electrons. The number of sulfonamides is 1. The van der Waals surface area contributed by atoms with Gasteiger partial charge in [0.05, 0.1) is 17.8 Å². The Morgan fingerprint density at radius 2 is 1.73 bits per heavy atom. The molecule has 0 saturated carbocycles. The van der Waals surface area contributed by atoms with E-state index in [1.807, 2.05) is 0 Å².